The molecule has 0 bridgehead atoms. The molecular weight excluding hydrogens is 299 g/mol. The molecule has 0 heterocycles. The second kappa shape index (κ2) is 5.80. The van der Waals surface area contributed by atoms with E-state index in [2.05, 4.69) is 5.32 Å². The number of carbonyl (C=O) groups is 2. The summed E-state index contributed by atoms with van der Waals surface area (Å²) in [6, 6.07) is 7.67. The minimum atomic E-state index is -1.16. The predicted octanol–water partition coefficient (Wildman–Crippen LogP) is 3.01. The number of carbonyl (C=O) groups excluding carboxylic acids is 1. The first-order valence-corrected chi connectivity index (χ1v) is 6.16. The third-order valence-electron chi connectivity index (χ3n) is 2.76. The number of nitrogen functional groups attached to an aromatic ring is 1. The first-order valence-electron chi connectivity index (χ1n) is 5.78. The lowest BCUT2D eigenvalue weighted by molar-refractivity contribution is 0.0696. The number of para-hydroxylation sites is 1. The van der Waals surface area contributed by atoms with Crippen LogP contribution in [0.1, 0.15) is 20.7 Å². The van der Waals surface area contributed by atoms with Crippen LogP contribution in [-0.4, -0.2) is 17.0 Å². The normalized spacial score (nSPS) is 10.2. The summed E-state index contributed by atoms with van der Waals surface area (Å²) in [5.74, 6) is -2.56. The van der Waals surface area contributed by atoms with Crippen molar-refractivity contribution in [3.05, 3.63) is 58.4 Å². The number of hydrogen-bond acceptors (Lipinski definition) is 3. The Bertz CT molecular complexity index is 734. The molecule has 0 aliphatic rings. The smallest absolute Gasteiger partial charge is 0.335 e. The van der Waals surface area contributed by atoms with Crippen LogP contribution < -0.4 is 11.1 Å². The third-order valence-corrected chi connectivity index (χ3v) is 3.09. The highest BCUT2D eigenvalue weighted by Gasteiger charge is 2.15. The van der Waals surface area contributed by atoms with Gasteiger partial charge in [-0.2, -0.15) is 0 Å². The number of benzene rings is 2. The number of rotatable bonds is 3. The van der Waals surface area contributed by atoms with Crippen LogP contribution in [0.3, 0.4) is 0 Å². The topological polar surface area (TPSA) is 92.4 Å². The molecule has 0 fully saturated rings. The lowest BCUT2D eigenvalue weighted by Crippen LogP contribution is -2.15. The summed E-state index contributed by atoms with van der Waals surface area (Å²) in [7, 11) is 0. The standard InChI is InChI=1S/C14H10ClFN2O3/c15-9-5-4-7(14(20)21)6-11(9)18-13(19)8-2-1-3-10(16)12(8)17/h1-6H,17H2,(H,18,19)(H,20,21). The molecular formula is C14H10ClFN2O3. The lowest BCUT2D eigenvalue weighted by atomic mass is 10.1. The number of nitrogens with one attached hydrogen (secondary N) is 1. The fraction of sp³-hybridized carbons (Fsp3) is 0. The molecule has 0 atom stereocenters. The summed E-state index contributed by atoms with van der Waals surface area (Å²) >= 11 is 5.89. The van der Waals surface area contributed by atoms with Crippen molar-refractivity contribution < 1.29 is 19.1 Å². The highest BCUT2D eigenvalue weighted by Crippen LogP contribution is 2.25. The van der Waals surface area contributed by atoms with E-state index >= 15 is 0 Å². The largest absolute Gasteiger partial charge is 0.478 e. The number of anilines is 2. The quantitative estimate of drug-likeness (QED) is 0.760. The van der Waals surface area contributed by atoms with E-state index in [1.807, 2.05) is 0 Å². The zero-order chi connectivity index (χ0) is 15.6. The number of aromatic carboxylic acids is 1. The molecule has 108 valence electrons. The van der Waals surface area contributed by atoms with Gasteiger partial charge in [-0.1, -0.05) is 17.7 Å². The second-order valence-corrected chi connectivity index (χ2v) is 4.56. The van der Waals surface area contributed by atoms with Gasteiger partial charge in [-0.25, -0.2) is 9.18 Å². The van der Waals surface area contributed by atoms with Crippen LogP contribution >= 0.6 is 11.6 Å². The molecule has 4 N–H and O–H groups in total. The van der Waals surface area contributed by atoms with Crippen LogP contribution in [0.2, 0.25) is 5.02 Å². The first kappa shape index (κ1) is 14.8. The van der Waals surface area contributed by atoms with Crippen molar-refractivity contribution in [1.82, 2.24) is 0 Å². The number of halogens is 2. The number of carboxylic acid groups (broad SMARTS) is 1. The van der Waals surface area contributed by atoms with Gasteiger partial charge in [0.05, 0.1) is 27.5 Å². The minimum absolute atomic E-state index is 0.0399. The Balaban J connectivity index is 2.33. The van der Waals surface area contributed by atoms with Crippen molar-refractivity contribution >= 4 is 34.9 Å². The van der Waals surface area contributed by atoms with Gasteiger partial charge in [0.25, 0.3) is 5.91 Å². The van der Waals surface area contributed by atoms with Crippen LogP contribution in [-0.2, 0) is 0 Å². The molecule has 0 aliphatic carbocycles. The summed E-state index contributed by atoms with van der Waals surface area (Å²) in [5.41, 5.74) is 5.20. The highest BCUT2D eigenvalue weighted by atomic mass is 35.5. The summed E-state index contributed by atoms with van der Waals surface area (Å²) in [6.45, 7) is 0. The zero-order valence-corrected chi connectivity index (χ0v) is 11.3. The van der Waals surface area contributed by atoms with E-state index in [-0.39, 0.29) is 27.5 Å². The molecule has 21 heavy (non-hydrogen) atoms. The second-order valence-electron chi connectivity index (χ2n) is 4.15. The van der Waals surface area contributed by atoms with Gasteiger partial charge in [-0.3, -0.25) is 4.79 Å². The number of amides is 1. The van der Waals surface area contributed by atoms with Gasteiger partial charge in [0.2, 0.25) is 0 Å². The van der Waals surface area contributed by atoms with Crippen molar-refractivity contribution in [2.75, 3.05) is 11.1 Å². The molecule has 0 spiro atoms. The van der Waals surface area contributed by atoms with Crippen molar-refractivity contribution in [2.24, 2.45) is 0 Å². The van der Waals surface area contributed by atoms with Gasteiger partial charge in [0, 0.05) is 0 Å². The van der Waals surface area contributed by atoms with E-state index < -0.39 is 17.7 Å². The minimum Gasteiger partial charge on any atom is -0.478 e. The number of hydrogen-bond donors (Lipinski definition) is 3. The van der Waals surface area contributed by atoms with Crippen LogP contribution in [0.5, 0.6) is 0 Å². The van der Waals surface area contributed by atoms with Crippen molar-refractivity contribution in [3.8, 4) is 0 Å². The van der Waals surface area contributed by atoms with Gasteiger partial charge in [-0.05, 0) is 30.3 Å². The van der Waals surface area contributed by atoms with E-state index in [9.17, 15) is 14.0 Å². The Morgan fingerprint density at radius 2 is 1.95 bits per heavy atom. The van der Waals surface area contributed by atoms with Crippen LogP contribution in [0.15, 0.2) is 36.4 Å². The van der Waals surface area contributed by atoms with E-state index in [0.717, 1.165) is 6.07 Å². The van der Waals surface area contributed by atoms with Crippen molar-refractivity contribution in [3.63, 3.8) is 0 Å². The number of carboxylic acids is 1. The lowest BCUT2D eigenvalue weighted by Gasteiger charge is -2.10. The molecule has 1 amide bonds. The SMILES string of the molecule is Nc1c(F)cccc1C(=O)Nc1cc(C(=O)O)ccc1Cl. The third kappa shape index (κ3) is 3.11. The molecule has 2 aromatic rings. The maximum Gasteiger partial charge on any atom is 0.335 e. The maximum absolute atomic E-state index is 13.3. The molecule has 0 saturated carbocycles. The summed E-state index contributed by atoms with van der Waals surface area (Å²) < 4.78 is 13.3. The average molecular weight is 309 g/mol. The molecule has 5 nitrogen and oxygen atoms in total. The monoisotopic (exact) mass is 308 g/mol. The zero-order valence-electron chi connectivity index (χ0n) is 10.6. The first-order chi connectivity index (χ1) is 9.90. The molecule has 0 aliphatic heterocycles. The molecule has 0 unspecified atom stereocenters. The van der Waals surface area contributed by atoms with Crippen LogP contribution in [0.4, 0.5) is 15.8 Å². The summed E-state index contributed by atoms with van der Waals surface area (Å²) in [4.78, 5) is 23.0. The molecule has 7 heteroatoms. The van der Waals surface area contributed by atoms with Crippen molar-refractivity contribution in [2.45, 2.75) is 0 Å². The molecule has 0 aromatic heterocycles. The van der Waals surface area contributed by atoms with Gasteiger partial charge < -0.3 is 16.2 Å². The fourth-order valence-corrected chi connectivity index (χ4v) is 1.84. The molecule has 2 rings (SSSR count). The Labute approximate surface area is 124 Å². The number of nitrogens with two attached hydrogens (primary N) is 1. The highest BCUT2D eigenvalue weighted by molar-refractivity contribution is 6.34. The van der Waals surface area contributed by atoms with E-state index in [0.29, 0.717) is 0 Å². The van der Waals surface area contributed by atoms with Crippen LogP contribution in [0.25, 0.3) is 0 Å². The van der Waals surface area contributed by atoms with E-state index in [4.69, 9.17) is 22.4 Å². The van der Waals surface area contributed by atoms with E-state index in [1.54, 1.807) is 0 Å². The fourth-order valence-electron chi connectivity index (χ4n) is 1.68. The molecule has 2 aromatic carbocycles. The Hall–Kier alpha value is -2.60. The average Bonchev–Trinajstić information content (AvgIpc) is 2.43. The maximum atomic E-state index is 13.3. The van der Waals surface area contributed by atoms with Gasteiger partial charge in [-0.15, -0.1) is 0 Å². The predicted molar refractivity (Wildman–Crippen MR) is 77.2 cm³/mol. The Morgan fingerprint density at radius 1 is 1.24 bits per heavy atom. The van der Waals surface area contributed by atoms with Gasteiger partial charge in [0.15, 0.2) is 0 Å². The Kier molecular flexibility index (Phi) is 4.09. The molecule has 0 radical (unpaired) electrons. The molecule has 0 saturated heterocycles. The van der Waals surface area contributed by atoms with Crippen molar-refractivity contribution in [1.29, 1.82) is 0 Å². The summed E-state index contributed by atoms with van der Waals surface area (Å²) in [5, 5.41) is 11.5. The van der Waals surface area contributed by atoms with Gasteiger partial charge >= 0.3 is 5.97 Å². The Morgan fingerprint density at radius 3 is 2.62 bits per heavy atom. The summed E-state index contributed by atoms with van der Waals surface area (Å²) in [6.07, 6.45) is 0. The van der Waals surface area contributed by atoms with E-state index in [1.165, 1.54) is 30.3 Å². The van der Waals surface area contributed by atoms with Crippen LogP contribution in [0, 0.1) is 5.82 Å². The van der Waals surface area contributed by atoms with Gasteiger partial charge in [0.1, 0.15) is 5.82 Å².